The Morgan fingerprint density at radius 3 is 2.65 bits per heavy atom. The average molecular weight is 419 g/mol. The topological polar surface area (TPSA) is 83.1 Å². The van der Waals surface area contributed by atoms with Crippen molar-refractivity contribution < 1.29 is 12.8 Å². The van der Waals surface area contributed by atoms with Crippen molar-refractivity contribution in [1.82, 2.24) is 10.3 Å². The van der Waals surface area contributed by atoms with Crippen LogP contribution in [0.1, 0.15) is 25.7 Å². The Balaban J connectivity index is 1.84. The van der Waals surface area contributed by atoms with Gasteiger partial charge in [-0.15, -0.1) is 11.3 Å². The van der Waals surface area contributed by atoms with Gasteiger partial charge in [-0.05, 0) is 32.0 Å². The molecule has 0 radical (unpaired) electrons. The molecule has 1 aliphatic rings. The molecule has 3 N–H and O–H groups in total. The summed E-state index contributed by atoms with van der Waals surface area (Å²) >= 11 is 7.35. The lowest BCUT2D eigenvalue weighted by molar-refractivity contribution is 0.361. The van der Waals surface area contributed by atoms with Crippen LogP contribution in [0.2, 0.25) is 5.02 Å². The second kappa shape index (κ2) is 8.08. The van der Waals surface area contributed by atoms with Gasteiger partial charge in [-0.1, -0.05) is 24.4 Å². The molecule has 1 saturated carbocycles. The molecule has 0 spiro atoms. The van der Waals surface area contributed by atoms with E-state index in [-0.39, 0.29) is 22.2 Å². The number of thiazole rings is 1. The van der Waals surface area contributed by atoms with Crippen LogP contribution in [0.15, 0.2) is 28.6 Å². The lowest BCUT2D eigenvalue weighted by Gasteiger charge is -2.33. The molecule has 6 nitrogen and oxygen atoms in total. The lowest BCUT2D eigenvalue weighted by atomic mass is 9.90. The third-order valence-corrected chi connectivity index (χ3v) is 6.93. The van der Waals surface area contributed by atoms with Crippen LogP contribution in [-0.2, 0) is 10.0 Å². The molecule has 3 rings (SSSR count). The SMILES string of the molecule is CN[C@H]1CCCC[C@H]1Nc1cc(F)c(S(=O)(=O)Nc2nccs2)cc1Cl. The number of sulfonamides is 1. The minimum absolute atomic E-state index is 0.113. The molecule has 0 aliphatic heterocycles. The van der Waals surface area contributed by atoms with Gasteiger partial charge in [-0.25, -0.2) is 17.8 Å². The van der Waals surface area contributed by atoms with Crippen molar-refractivity contribution >= 4 is 43.8 Å². The number of hydrogen-bond donors (Lipinski definition) is 3. The second-order valence-electron chi connectivity index (χ2n) is 6.14. The molecule has 0 unspecified atom stereocenters. The number of nitrogens with zero attached hydrogens (tertiary/aromatic N) is 1. The maximum atomic E-state index is 14.5. The van der Waals surface area contributed by atoms with E-state index >= 15 is 0 Å². The van der Waals surface area contributed by atoms with Gasteiger partial charge in [-0.3, -0.25) is 4.72 Å². The zero-order valence-electron chi connectivity index (χ0n) is 14.1. The predicted octanol–water partition coefficient (Wildman–Crippen LogP) is 3.68. The zero-order valence-corrected chi connectivity index (χ0v) is 16.5. The largest absolute Gasteiger partial charge is 0.379 e. The van der Waals surface area contributed by atoms with E-state index < -0.39 is 20.7 Å². The summed E-state index contributed by atoms with van der Waals surface area (Å²) in [7, 11) is -2.21. The standard InChI is InChI=1S/C16H20ClFN4O2S2/c1-19-12-4-2-3-5-13(12)21-14-9-11(18)15(8-10(14)17)26(23,24)22-16-20-6-7-25-16/h6-9,12-13,19,21H,2-5H2,1H3,(H,20,22)/t12-,13+/m0/s1. The van der Waals surface area contributed by atoms with Gasteiger partial charge in [0.1, 0.15) is 10.7 Å². The molecule has 10 heteroatoms. The average Bonchev–Trinajstić information content (AvgIpc) is 3.10. The van der Waals surface area contributed by atoms with E-state index in [9.17, 15) is 12.8 Å². The van der Waals surface area contributed by atoms with E-state index in [2.05, 4.69) is 20.3 Å². The van der Waals surface area contributed by atoms with Gasteiger partial charge in [-0.2, -0.15) is 0 Å². The molecule has 26 heavy (non-hydrogen) atoms. The first-order valence-corrected chi connectivity index (χ1v) is 11.0. The monoisotopic (exact) mass is 418 g/mol. The summed E-state index contributed by atoms with van der Waals surface area (Å²) in [6.45, 7) is 0. The summed E-state index contributed by atoms with van der Waals surface area (Å²) in [6, 6.07) is 2.64. The summed E-state index contributed by atoms with van der Waals surface area (Å²) < 4.78 is 41.6. The highest BCUT2D eigenvalue weighted by Gasteiger charge is 2.26. The number of halogens is 2. The van der Waals surface area contributed by atoms with Crippen LogP contribution in [0, 0.1) is 5.82 Å². The minimum atomic E-state index is -4.10. The van der Waals surface area contributed by atoms with Gasteiger partial charge in [0.25, 0.3) is 10.0 Å². The molecule has 0 bridgehead atoms. The van der Waals surface area contributed by atoms with Crippen LogP contribution >= 0.6 is 22.9 Å². The van der Waals surface area contributed by atoms with Crippen LogP contribution in [0.5, 0.6) is 0 Å². The summed E-state index contributed by atoms with van der Waals surface area (Å²) in [4.78, 5) is 3.34. The number of likely N-dealkylation sites (N-methyl/N-ethyl adjacent to an activating group) is 1. The van der Waals surface area contributed by atoms with Crippen molar-refractivity contribution in [2.24, 2.45) is 0 Å². The summed E-state index contributed by atoms with van der Waals surface area (Å²) in [5.74, 6) is -0.863. The highest BCUT2D eigenvalue weighted by atomic mass is 35.5. The fourth-order valence-corrected chi connectivity index (χ4v) is 5.30. The van der Waals surface area contributed by atoms with Gasteiger partial charge >= 0.3 is 0 Å². The van der Waals surface area contributed by atoms with Gasteiger partial charge in [0.2, 0.25) is 0 Å². The van der Waals surface area contributed by atoms with Crippen LogP contribution in [-0.4, -0.2) is 32.5 Å². The zero-order chi connectivity index (χ0) is 18.7. The van der Waals surface area contributed by atoms with E-state index in [4.69, 9.17) is 11.6 Å². The molecule has 2 aromatic rings. The van der Waals surface area contributed by atoms with Crippen molar-refractivity contribution in [1.29, 1.82) is 0 Å². The molecular formula is C16H20ClFN4O2S2. The van der Waals surface area contributed by atoms with Gasteiger partial charge in [0.15, 0.2) is 5.13 Å². The molecule has 1 aliphatic carbocycles. The van der Waals surface area contributed by atoms with Gasteiger partial charge in [0.05, 0.1) is 10.7 Å². The molecular weight excluding hydrogens is 399 g/mol. The third-order valence-electron chi connectivity index (χ3n) is 4.44. The summed E-state index contributed by atoms with van der Waals surface area (Å²) in [6.07, 6.45) is 5.65. The summed E-state index contributed by atoms with van der Waals surface area (Å²) in [5, 5.41) is 8.46. The van der Waals surface area contributed by atoms with Crippen LogP contribution in [0.4, 0.5) is 15.2 Å². The van der Waals surface area contributed by atoms with Gasteiger partial charge in [0, 0.05) is 23.7 Å². The molecule has 0 saturated heterocycles. The lowest BCUT2D eigenvalue weighted by Crippen LogP contribution is -2.44. The van der Waals surface area contributed by atoms with Crippen LogP contribution in [0.3, 0.4) is 0 Å². The van der Waals surface area contributed by atoms with Crippen LogP contribution in [0.25, 0.3) is 0 Å². The predicted molar refractivity (Wildman–Crippen MR) is 103 cm³/mol. The Bertz CT molecular complexity index is 861. The Hall–Kier alpha value is -1.42. The molecule has 1 fully saturated rings. The highest BCUT2D eigenvalue weighted by Crippen LogP contribution is 2.31. The minimum Gasteiger partial charge on any atom is -0.379 e. The maximum Gasteiger partial charge on any atom is 0.266 e. The molecule has 1 aromatic carbocycles. The number of aromatic nitrogens is 1. The Morgan fingerprint density at radius 1 is 1.27 bits per heavy atom. The van der Waals surface area contributed by atoms with Crippen molar-refractivity contribution in [2.75, 3.05) is 17.1 Å². The second-order valence-corrected chi connectivity index (χ2v) is 9.09. The van der Waals surface area contributed by atoms with Crippen molar-refractivity contribution in [2.45, 2.75) is 42.7 Å². The molecule has 1 aromatic heterocycles. The highest BCUT2D eigenvalue weighted by molar-refractivity contribution is 7.93. The molecule has 2 atom stereocenters. The smallest absolute Gasteiger partial charge is 0.266 e. The first-order chi connectivity index (χ1) is 12.4. The summed E-state index contributed by atoms with van der Waals surface area (Å²) in [5.41, 5.74) is 0.393. The Morgan fingerprint density at radius 2 is 2.00 bits per heavy atom. The number of nitrogens with one attached hydrogen (secondary N) is 3. The number of benzene rings is 1. The van der Waals surface area contributed by atoms with Crippen LogP contribution < -0.4 is 15.4 Å². The Kier molecular flexibility index (Phi) is 6.01. The maximum absolute atomic E-state index is 14.5. The number of hydrogen-bond acceptors (Lipinski definition) is 6. The number of rotatable bonds is 6. The normalized spacial score (nSPS) is 20.7. The molecule has 1 heterocycles. The van der Waals surface area contributed by atoms with E-state index in [1.54, 1.807) is 5.38 Å². The van der Waals surface area contributed by atoms with E-state index in [1.165, 1.54) is 6.20 Å². The molecule has 0 amide bonds. The van der Waals surface area contributed by atoms with E-state index in [0.717, 1.165) is 49.2 Å². The number of anilines is 2. The molecule has 142 valence electrons. The first-order valence-electron chi connectivity index (χ1n) is 8.26. The van der Waals surface area contributed by atoms with Crippen molar-refractivity contribution in [3.05, 3.63) is 34.5 Å². The fraction of sp³-hybridized carbons (Fsp3) is 0.438. The van der Waals surface area contributed by atoms with Crippen molar-refractivity contribution in [3.63, 3.8) is 0 Å². The Labute approximate surface area is 161 Å². The fourth-order valence-electron chi connectivity index (χ4n) is 3.14. The van der Waals surface area contributed by atoms with Gasteiger partial charge < -0.3 is 10.6 Å². The van der Waals surface area contributed by atoms with E-state index in [1.807, 2.05) is 7.05 Å². The quantitative estimate of drug-likeness (QED) is 0.666. The third kappa shape index (κ3) is 4.28. The van der Waals surface area contributed by atoms with Crippen molar-refractivity contribution in [3.8, 4) is 0 Å². The van der Waals surface area contributed by atoms with E-state index in [0.29, 0.717) is 5.69 Å². The first kappa shape index (κ1) is 19.3.